The highest BCUT2D eigenvalue weighted by molar-refractivity contribution is 9.11. The fraction of sp³-hybridized carbons (Fsp3) is 0.231. The van der Waals surface area contributed by atoms with E-state index in [1.54, 1.807) is 0 Å². The molecule has 0 heterocycles. The lowest BCUT2D eigenvalue weighted by Gasteiger charge is -2.03. The van der Waals surface area contributed by atoms with Crippen LogP contribution in [0.3, 0.4) is 0 Å². The first-order valence-electron chi connectivity index (χ1n) is 4.94. The van der Waals surface area contributed by atoms with Gasteiger partial charge in [-0.2, -0.15) is 0 Å². The fourth-order valence-electron chi connectivity index (χ4n) is 1.28. The van der Waals surface area contributed by atoms with Crippen LogP contribution in [-0.4, -0.2) is 13.1 Å². The molecule has 15 heavy (non-hydrogen) atoms. The van der Waals surface area contributed by atoms with Gasteiger partial charge in [-0.15, -0.1) is 0 Å². The minimum Gasteiger partial charge on any atom is -0.308 e. The first kappa shape index (κ1) is 12.2. The van der Waals surface area contributed by atoms with E-state index in [1.807, 2.05) is 18.2 Å². The zero-order chi connectivity index (χ0) is 11.1. The smallest absolute Gasteiger partial charge is 0.0268 e. The first-order chi connectivity index (χ1) is 7.18. The number of rotatable bonds is 5. The normalized spacial score (nSPS) is 11.5. The van der Waals surface area contributed by atoms with E-state index in [9.17, 15) is 0 Å². The summed E-state index contributed by atoms with van der Waals surface area (Å²) in [5, 5.41) is 3.29. The average Bonchev–Trinajstić information content (AvgIpc) is 2.18. The van der Waals surface area contributed by atoms with Gasteiger partial charge in [-0.05, 0) is 12.5 Å². The maximum atomic E-state index is 3.77. The Hall–Kier alpha value is -0.860. The molecular formula is C13H16BrN. The molecule has 0 fully saturated rings. The molecule has 1 N–H and O–H groups in total. The number of halogens is 1. The molecule has 0 aliphatic carbocycles. The summed E-state index contributed by atoms with van der Waals surface area (Å²) in [7, 11) is 0. The summed E-state index contributed by atoms with van der Waals surface area (Å²) < 4.78 is 0.981. The second kappa shape index (κ2) is 6.59. The summed E-state index contributed by atoms with van der Waals surface area (Å²) in [6, 6.07) is 10.3. The van der Waals surface area contributed by atoms with Crippen LogP contribution in [0.4, 0.5) is 0 Å². The molecule has 1 nitrogen and oxygen atoms in total. The molecular weight excluding hydrogens is 250 g/mol. The molecule has 0 unspecified atom stereocenters. The second-order valence-corrected chi connectivity index (χ2v) is 4.64. The van der Waals surface area contributed by atoms with Crippen LogP contribution in [0.2, 0.25) is 0 Å². The molecule has 0 bridgehead atoms. The second-order valence-electron chi connectivity index (χ2n) is 3.52. The van der Waals surface area contributed by atoms with Crippen molar-refractivity contribution in [2.75, 3.05) is 13.1 Å². The van der Waals surface area contributed by atoms with E-state index in [-0.39, 0.29) is 0 Å². The van der Waals surface area contributed by atoms with Crippen LogP contribution in [0.15, 0.2) is 47.0 Å². The zero-order valence-electron chi connectivity index (χ0n) is 8.96. The van der Waals surface area contributed by atoms with E-state index in [0.717, 1.165) is 17.6 Å². The quantitative estimate of drug-likeness (QED) is 0.858. The molecule has 0 aromatic heterocycles. The van der Waals surface area contributed by atoms with Crippen LogP contribution in [0.1, 0.15) is 12.5 Å². The lowest BCUT2D eigenvalue weighted by molar-refractivity contribution is 0.814. The average molecular weight is 266 g/mol. The largest absolute Gasteiger partial charge is 0.308 e. The summed E-state index contributed by atoms with van der Waals surface area (Å²) in [5.74, 6) is 0. The summed E-state index contributed by atoms with van der Waals surface area (Å²) in [4.78, 5) is 0. The van der Waals surface area contributed by atoms with Crippen molar-refractivity contribution in [1.29, 1.82) is 0 Å². The first-order valence-corrected chi connectivity index (χ1v) is 5.74. The summed E-state index contributed by atoms with van der Waals surface area (Å²) >= 11 is 3.31. The standard InChI is InChI=1S/C13H16BrN/c1-11(9-15-10-12(2)14)8-13-6-4-3-5-7-13/h3-8,15H,2,9-10H2,1H3/b11-8-. The van der Waals surface area contributed by atoms with Gasteiger partial charge in [0.05, 0.1) is 0 Å². The van der Waals surface area contributed by atoms with E-state index in [2.05, 4.69) is 53.0 Å². The monoisotopic (exact) mass is 265 g/mol. The number of hydrogen-bond acceptors (Lipinski definition) is 1. The van der Waals surface area contributed by atoms with Gasteiger partial charge < -0.3 is 5.32 Å². The van der Waals surface area contributed by atoms with Gasteiger partial charge in [-0.3, -0.25) is 0 Å². The Labute approximate surface area is 100 Å². The Morgan fingerprint density at radius 1 is 1.33 bits per heavy atom. The maximum absolute atomic E-state index is 3.77. The van der Waals surface area contributed by atoms with Gasteiger partial charge in [-0.1, -0.05) is 64.5 Å². The van der Waals surface area contributed by atoms with Crippen LogP contribution in [-0.2, 0) is 0 Å². The molecule has 0 saturated heterocycles. The van der Waals surface area contributed by atoms with Crippen molar-refractivity contribution >= 4 is 22.0 Å². The highest BCUT2D eigenvalue weighted by Gasteiger charge is 1.92. The van der Waals surface area contributed by atoms with Gasteiger partial charge in [0.25, 0.3) is 0 Å². The van der Waals surface area contributed by atoms with E-state index < -0.39 is 0 Å². The number of benzene rings is 1. The Bertz CT molecular complexity index is 341. The van der Waals surface area contributed by atoms with Crippen LogP contribution in [0.25, 0.3) is 6.08 Å². The molecule has 0 amide bonds. The van der Waals surface area contributed by atoms with Crippen LogP contribution in [0.5, 0.6) is 0 Å². The molecule has 0 radical (unpaired) electrons. The third-order valence-corrected chi connectivity index (χ3v) is 2.21. The Morgan fingerprint density at radius 3 is 2.60 bits per heavy atom. The Balaban J connectivity index is 2.43. The summed E-state index contributed by atoms with van der Waals surface area (Å²) in [6.45, 7) is 7.59. The van der Waals surface area contributed by atoms with Crippen molar-refractivity contribution < 1.29 is 0 Å². The summed E-state index contributed by atoms with van der Waals surface area (Å²) in [6.07, 6.45) is 2.18. The van der Waals surface area contributed by atoms with E-state index in [1.165, 1.54) is 11.1 Å². The molecule has 0 aliphatic rings. The van der Waals surface area contributed by atoms with Gasteiger partial charge in [0, 0.05) is 17.6 Å². The maximum Gasteiger partial charge on any atom is 0.0268 e. The van der Waals surface area contributed by atoms with Crippen molar-refractivity contribution in [2.24, 2.45) is 0 Å². The predicted molar refractivity (Wildman–Crippen MR) is 71.0 cm³/mol. The van der Waals surface area contributed by atoms with Gasteiger partial charge in [0.2, 0.25) is 0 Å². The Morgan fingerprint density at radius 2 is 2.00 bits per heavy atom. The van der Waals surface area contributed by atoms with Gasteiger partial charge in [0.15, 0.2) is 0 Å². The zero-order valence-corrected chi connectivity index (χ0v) is 10.5. The van der Waals surface area contributed by atoms with Crippen LogP contribution < -0.4 is 5.32 Å². The van der Waals surface area contributed by atoms with E-state index in [0.29, 0.717) is 0 Å². The van der Waals surface area contributed by atoms with Gasteiger partial charge in [-0.25, -0.2) is 0 Å². The molecule has 0 spiro atoms. The molecule has 1 rings (SSSR count). The lowest BCUT2D eigenvalue weighted by atomic mass is 10.1. The molecule has 0 saturated carbocycles. The van der Waals surface area contributed by atoms with Gasteiger partial charge >= 0.3 is 0 Å². The highest BCUT2D eigenvalue weighted by atomic mass is 79.9. The van der Waals surface area contributed by atoms with E-state index >= 15 is 0 Å². The molecule has 1 aromatic rings. The summed E-state index contributed by atoms with van der Waals surface area (Å²) in [5.41, 5.74) is 2.56. The molecule has 0 atom stereocenters. The van der Waals surface area contributed by atoms with Crippen molar-refractivity contribution in [2.45, 2.75) is 6.92 Å². The fourth-order valence-corrected chi connectivity index (χ4v) is 1.48. The van der Waals surface area contributed by atoms with Crippen molar-refractivity contribution in [1.82, 2.24) is 5.32 Å². The third-order valence-electron chi connectivity index (χ3n) is 1.93. The number of hydrogen-bond donors (Lipinski definition) is 1. The van der Waals surface area contributed by atoms with Crippen molar-refractivity contribution in [3.05, 3.63) is 52.5 Å². The minimum absolute atomic E-state index is 0.806. The highest BCUT2D eigenvalue weighted by Crippen LogP contribution is 2.05. The van der Waals surface area contributed by atoms with Crippen LogP contribution >= 0.6 is 15.9 Å². The molecule has 80 valence electrons. The predicted octanol–water partition coefficient (Wildman–Crippen LogP) is 3.59. The Kier molecular flexibility index (Phi) is 5.37. The number of nitrogens with one attached hydrogen (secondary N) is 1. The molecule has 2 heteroatoms. The van der Waals surface area contributed by atoms with Gasteiger partial charge in [0.1, 0.15) is 0 Å². The topological polar surface area (TPSA) is 12.0 Å². The molecule has 0 aliphatic heterocycles. The van der Waals surface area contributed by atoms with Crippen LogP contribution in [0, 0.1) is 0 Å². The third kappa shape index (κ3) is 5.55. The lowest BCUT2D eigenvalue weighted by Crippen LogP contribution is -2.17. The van der Waals surface area contributed by atoms with Crippen molar-refractivity contribution in [3.8, 4) is 0 Å². The molecule has 1 aromatic carbocycles. The van der Waals surface area contributed by atoms with Crippen molar-refractivity contribution in [3.63, 3.8) is 0 Å². The SMILES string of the molecule is C=C(Br)CNC/C(C)=C\c1ccccc1. The van der Waals surface area contributed by atoms with E-state index in [4.69, 9.17) is 0 Å². The minimum atomic E-state index is 0.806.